The SMILES string of the molecule is CCc1ccc(Cn2ncc(NCC3CC3)cc2=O)s1. The Kier molecular flexibility index (Phi) is 3.87. The Morgan fingerprint density at radius 3 is 2.85 bits per heavy atom. The van der Waals surface area contributed by atoms with E-state index in [0.717, 1.165) is 24.6 Å². The van der Waals surface area contributed by atoms with Gasteiger partial charge in [-0.3, -0.25) is 4.79 Å². The van der Waals surface area contributed by atoms with Gasteiger partial charge in [0.15, 0.2) is 0 Å². The van der Waals surface area contributed by atoms with Crippen LogP contribution in [0.5, 0.6) is 0 Å². The van der Waals surface area contributed by atoms with Crippen LogP contribution >= 0.6 is 11.3 Å². The molecule has 0 unspecified atom stereocenters. The van der Waals surface area contributed by atoms with Gasteiger partial charge in [-0.1, -0.05) is 6.92 Å². The van der Waals surface area contributed by atoms with Gasteiger partial charge in [-0.05, 0) is 37.3 Å². The fourth-order valence-corrected chi connectivity index (χ4v) is 3.02. The molecule has 0 amide bonds. The molecule has 1 saturated carbocycles. The van der Waals surface area contributed by atoms with E-state index in [1.807, 2.05) is 0 Å². The number of aryl methyl sites for hydroxylation is 1. The molecule has 2 aromatic heterocycles. The second kappa shape index (κ2) is 5.79. The number of hydrogen-bond acceptors (Lipinski definition) is 4. The number of anilines is 1. The zero-order valence-electron chi connectivity index (χ0n) is 11.6. The molecular weight excluding hydrogens is 270 g/mol. The minimum atomic E-state index is -0.0442. The van der Waals surface area contributed by atoms with Gasteiger partial charge < -0.3 is 5.32 Å². The molecule has 106 valence electrons. The highest BCUT2D eigenvalue weighted by atomic mass is 32.1. The van der Waals surface area contributed by atoms with E-state index in [0.29, 0.717) is 6.54 Å². The fourth-order valence-electron chi connectivity index (χ4n) is 2.08. The predicted octanol–water partition coefficient (Wildman–Crippen LogP) is 2.74. The molecule has 2 aromatic rings. The van der Waals surface area contributed by atoms with Crippen molar-refractivity contribution in [1.29, 1.82) is 0 Å². The molecule has 0 aromatic carbocycles. The van der Waals surface area contributed by atoms with Gasteiger partial charge in [0.2, 0.25) is 0 Å². The van der Waals surface area contributed by atoms with Crippen molar-refractivity contribution < 1.29 is 0 Å². The summed E-state index contributed by atoms with van der Waals surface area (Å²) in [6, 6.07) is 5.84. The number of aromatic nitrogens is 2. The van der Waals surface area contributed by atoms with E-state index < -0.39 is 0 Å². The molecule has 1 fully saturated rings. The Bertz CT molecular complexity index is 643. The molecule has 5 heteroatoms. The van der Waals surface area contributed by atoms with Crippen molar-refractivity contribution in [3.8, 4) is 0 Å². The van der Waals surface area contributed by atoms with E-state index in [2.05, 4.69) is 29.5 Å². The third-order valence-corrected chi connectivity index (χ3v) is 4.75. The van der Waals surface area contributed by atoms with Crippen LogP contribution in [0.1, 0.15) is 29.5 Å². The van der Waals surface area contributed by atoms with Gasteiger partial charge in [-0.25, -0.2) is 4.68 Å². The summed E-state index contributed by atoms with van der Waals surface area (Å²) >= 11 is 1.75. The van der Waals surface area contributed by atoms with E-state index in [1.165, 1.54) is 27.3 Å². The highest BCUT2D eigenvalue weighted by molar-refractivity contribution is 7.11. The van der Waals surface area contributed by atoms with Crippen molar-refractivity contribution in [2.75, 3.05) is 11.9 Å². The van der Waals surface area contributed by atoms with Crippen LogP contribution in [0.2, 0.25) is 0 Å². The molecule has 0 atom stereocenters. The first-order valence-electron chi connectivity index (χ1n) is 7.13. The van der Waals surface area contributed by atoms with Crippen LogP contribution in [0.15, 0.2) is 29.2 Å². The van der Waals surface area contributed by atoms with Gasteiger partial charge in [-0.15, -0.1) is 11.3 Å². The van der Waals surface area contributed by atoms with Gasteiger partial charge in [0.1, 0.15) is 0 Å². The summed E-state index contributed by atoms with van der Waals surface area (Å²) in [6.45, 7) is 3.66. The third-order valence-electron chi connectivity index (χ3n) is 3.53. The number of rotatable bonds is 6. The molecule has 1 N–H and O–H groups in total. The summed E-state index contributed by atoms with van der Waals surface area (Å²) in [5.74, 6) is 0.788. The van der Waals surface area contributed by atoms with Gasteiger partial charge in [0.05, 0.1) is 18.4 Å². The average molecular weight is 289 g/mol. The zero-order valence-corrected chi connectivity index (χ0v) is 12.4. The molecule has 20 heavy (non-hydrogen) atoms. The second-order valence-corrected chi connectivity index (χ2v) is 6.54. The van der Waals surface area contributed by atoms with Crippen LogP contribution in [0.25, 0.3) is 0 Å². The summed E-state index contributed by atoms with van der Waals surface area (Å²) in [7, 11) is 0. The number of nitrogens with zero attached hydrogens (tertiary/aromatic N) is 2. The molecular formula is C15H19N3OS. The quantitative estimate of drug-likeness (QED) is 0.889. The molecule has 0 radical (unpaired) electrons. The normalized spacial score (nSPS) is 14.4. The van der Waals surface area contributed by atoms with Crippen molar-refractivity contribution in [3.63, 3.8) is 0 Å². The Hall–Kier alpha value is -1.62. The zero-order chi connectivity index (χ0) is 13.9. The van der Waals surface area contributed by atoms with Crippen LogP contribution in [0.3, 0.4) is 0 Å². The first-order chi connectivity index (χ1) is 9.74. The lowest BCUT2D eigenvalue weighted by molar-refractivity contribution is 0.645. The first kappa shape index (κ1) is 13.4. The van der Waals surface area contributed by atoms with Crippen molar-refractivity contribution in [2.24, 2.45) is 5.92 Å². The molecule has 2 heterocycles. The maximum Gasteiger partial charge on any atom is 0.269 e. The maximum absolute atomic E-state index is 12.0. The summed E-state index contributed by atoms with van der Waals surface area (Å²) in [6.07, 6.45) is 5.39. The molecule has 0 spiro atoms. The van der Waals surface area contributed by atoms with Crippen LogP contribution in [-0.4, -0.2) is 16.3 Å². The van der Waals surface area contributed by atoms with Crippen molar-refractivity contribution in [1.82, 2.24) is 9.78 Å². The second-order valence-electron chi connectivity index (χ2n) is 5.29. The topological polar surface area (TPSA) is 46.9 Å². The Morgan fingerprint density at radius 1 is 1.40 bits per heavy atom. The van der Waals surface area contributed by atoms with Crippen molar-refractivity contribution in [2.45, 2.75) is 32.7 Å². The lowest BCUT2D eigenvalue weighted by Crippen LogP contribution is -2.23. The van der Waals surface area contributed by atoms with Gasteiger partial charge >= 0.3 is 0 Å². The van der Waals surface area contributed by atoms with E-state index in [9.17, 15) is 4.79 Å². The third kappa shape index (κ3) is 3.28. The molecule has 1 aliphatic carbocycles. The predicted molar refractivity (Wildman–Crippen MR) is 82.5 cm³/mol. The van der Waals surface area contributed by atoms with Crippen LogP contribution in [-0.2, 0) is 13.0 Å². The van der Waals surface area contributed by atoms with Gasteiger partial charge in [0, 0.05) is 22.4 Å². The van der Waals surface area contributed by atoms with Gasteiger partial charge in [0.25, 0.3) is 5.56 Å². The maximum atomic E-state index is 12.0. The number of hydrogen-bond donors (Lipinski definition) is 1. The number of thiophene rings is 1. The van der Waals surface area contributed by atoms with Crippen molar-refractivity contribution in [3.05, 3.63) is 44.5 Å². The van der Waals surface area contributed by atoms with Crippen LogP contribution in [0, 0.1) is 5.92 Å². The summed E-state index contributed by atoms with van der Waals surface area (Å²) < 4.78 is 1.52. The summed E-state index contributed by atoms with van der Waals surface area (Å²) in [5.41, 5.74) is 0.788. The van der Waals surface area contributed by atoms with Crippen molar-refractivity contribution >= 4 is 17.0 Å². The summed E-state index contributed by atoms with van der Waals surface area (Å²) in [5, 5.41) is 7.53. The average Bonchev–Trinajstić information content (AvgIpc) is 3.17. The standard InChI is InChI=1S/C15H19N3OS/c1-2-13-5-6-14(20-13)10-18-15(19)7-12(9-17-18)16-8-11-3-4-11/h5-7,9,11,16H,2-4,8,10H2,1H3. The molecule has 0 bridgehead atoms. The summed E-state index contributed by atoms with van der Waals surface area (Å²) in [4.78, 5) is 14.6. The molecule has 4 nitrogen and oxygen atoms in total. The monoisotopic (exact) mass is 289 g/mol. The Morgan fingerprint density at radius 2 is 2.20 bits per heavy atom. The molecule has 3 rings (SSSR count). The van der Waals surface area contributed by atoms with E-state index >= 15 is 0 Å². The lowest BCUT2D eigenvalue weighted by Gasteiger charge is -2.06. The Labute approximate surface area is 122 Å². The smallest absolute Gasteiger partial charge is 0.269 e. The highest BCUT2D eigenvalue weighted by Gasteiger charge is 2.20. The van der Waals surface area contributed by atoms with E-state index in [4.69, 9.17) is 0 Å². The van der Waals surface area contributed by atoms with Crippen LogP contribution in [0.4, 0.5) is 5.69 Å². The molecule has 0 aliphatic heterocycles. The highest BCUT2D eigenvalue weighted by Crippen LogP contribution is 2.28. The minimum absolute atomic E-state index is 0.0442. The Balaban J connectivity index is 1.68. The van der Waals surface area contributed by atoms with Crippen LogP contribution < -0.4 is 10.9 Å². The first-order valence-corrected chi connectivity index (χ1v) is 7.95. The fraction of sp³-hybridized carbons (Fsp3) is 0.467. The van der Waals surface area contributed by atoms with E-state index in [1.54, 1.807) is 23.6 Å². The minimum Gasteiger partial charge on any atom is -0.383 e. The largest absolute Gasteiger partial charge is 0.383 e. The lowest BCUT2D eigenvalue weighted by atomic mass is 10.3. The number of nitrogens with one attached hydrogen (secondary N) is 1. The molecule has 0 saturated heterocycles. The molecule has 1 aliphatic rings. The van der Waals surface area contributed by atoms with E-state index in [-0.39, 0.29) is 5.56 Å². The van der Waals surface area contributed by atoms with Gasteiger partial charge in [-0.2, -0.15) is 5.10 Å².